The normalized spacial score (nSPS) is 12.1. The monoisotopic (exact) mass is 207 g/mol. The zero-order chi connectivity index (χ0) is 11.0. The summed E-state index contributed by atoms with van der Waals surface area (Å²) >= 11 is 0. The molecular weight excluding hydrogens is 188 g/mol. The van der Waals surface area contributed by atoms with Crippen LogP contribution in [0.15, 0.2) is 12.7 Å². The van der Waals surface area contributed by atoms with Gasteiger partial charge in [-0.1, -0.05) is 19.9 Å². The lowest BCUT2D eigenvalue weighted by molar-refractivity contribution is -0.0746. The van der Waals surface area contributed by atoms with Gasteiger partial charge in [0.05, 0.1) is 13.2 Å². The Kier molecular flexibility index (Phi) is 6.66. The fourth-order valence-corrected chi connectivity index (χ4v) is 0.793. The van der Waals surface area contributed by atoms with Crippen LogP contribution >= 0.6 is 0 Å². The molecule has 0 aliphatic rings. The third kappa shape index (κ3) is 8.13. The predicted octanol–water partition coefficient (Wildman–Crippen LogP) is 2.21. The minimum absolute atomic E-state index is 0.0639. The van der Waals surface area contributed by atoms with Gasteiger partial charge in [0.25, 0.3) is 5.92 Å². The van der Waals surface area contributed by atoms with Crippen LogP contribution in [0.1, 0.15) is 20.3 Å². The first-order valence-electron chi connectivity index (χ1n) is 4.78. The zero-order valence-corrected chi connectivity index (χ0v) is 8.85. The fourth-order valence-electron chi connectivity index (χ4n) is 0.793. The Labute approximate surface area is 84.3 Å². The maximum absolute atomic E-state index is 13.0. The molecule has 0 atom stereocenters. The van der Waals surface area contributed by atoms with Gasteiger partial charge >= 0.3 is 0 Å². The molecule has 0 saturated carbocycles. The highest BCUT2D eigenvalue weighted by molar-refractivity contribution is 4.71. The lowest BCUT2D eigenvalue weighted by atomic mass is 10.3. The highest BCUT2D eigenvalue weighted by Crippen LogP contribution is 2.12. The van der Waals surface area contributed by atoms with Crippen molar-refractivity contribution in [3.8, 4) is 0 Å². The Morgan fingerprint density at radius 2 is 2.14 bits per heavy atom. The molecule has 14 heavy (non-hydrogen) atoms. The van der Waals surface area contributed by atoms with Gasteiger partial charge in [0, 0.05) is 6.04 Å². The molecule has 0 radical (unpaired) electrons. The second kappa shape index (κ2) is 6.90. The molecule has 0 aromatic rings. The van der Waals surface area contributed by atoms with E-state index in [2.05, 4.69) is 11.9 Å². The first-order valence-corrected chi connectivity index (χ1v) is 4.78. The van der Waals surface area contributed by atoms with E-state index in [0.717, 1.165) is 0 Å². The molecule has 0 aliphatic carbocycles. The number of alkyl halides is 2. The van der Waals surface area contributed by atoms with Crippen molar-refractivity contribution in [1.29, 1.82) is 0 Å². The summed E-state index contributed by atoms with van der Waals surface area (Å²) in [5, 5.41) is 2.68. The van der Waals surface area contributed by atoms with E-state index in [0.29, 0.717) is 13.0 Å². The summed E-state index contributed by atoms with van der Waals surface area (Å²) in [5.74, 6) is -2.79. The molecule has 0 heterocycles. The van der Waals surface area contributed by atoms with Crippen molar-refractivity contribution in [2.45, 2.75) is 32.2 Å². The van der Waals surface area contributed by atoms with Crippen molar-refractivity contribution in [1.82, 2.24) is 5.32 Å². The van der Waals surface area contributed by atoms with Crippen LogP contribution in [0.25, 0.3) is 0 Å². The van der Waals surface area contributed by atoms with E-state index in [9.17, 15) is 8.78 Å². The smallest absolute Gasteiger partial charge is 0.283 e. The molecule has 0 aromatic carbocycles. The SMILES string of the molecule is C=CCCOCC(F)(F)CNC(C)C. The molecule has 84 valence electrons. The molecule has 0 aliphatic heterocycles. The van der Waals surface area contributed by atoms with Crippen molar-refractivity contribution >= 4 is 0 Å². The van der Waals surface area contributed by atoms with Crippen LogP contribution in [0.5, 0.6) is 0 Å². The minimum atomic E-state index is -2.79. The molecule has 0 spiro atoms. The third-order valence-corrected chi connectivity index (χ3v) is 1.55. The first kappa shape index (κ1) is 13.5. The standard InChI is InChI=1S/C10H19F2NO/c1-4-5-6-14-8-10(11,12)7-13-9(2)3/h4,9,13H,1,5-8H2,2-3H3. The van der Waals surface area contributed by atoms with Gasteiger partial charge in [0.15, 0.2) is 0 Å². The van der Waals surface area contributed by atoms with Crippen molar-refractivity contribution in [2.75, 3.05) is 19.8 Å². The van der Waals surface area contributed by atoms with Crippen LogP contribution < -0.4 is 5.32 Å². The molecule has 0 aromatic heterocycles. The van der Waals surface area contributed by atoms with Crippen LogP contribution in [-0.4, -0.2) is 31.7 Å². The molecule has 0 rings (SSSR count). The van der Waals surface area contributed by atoms with Crippen molar-refractivity contribution in [3.63, 3.8) is 0 Å². The Morgan fingerprint density at radius 3 is 2.64 bits per heavy atom. The molecule has 0 fully saturated rings. The van der Waals surface area contributed by atoms with E-state index < -0.39 is 12.5 Å². The van der Waals surface area contributed by atoms with Crippen LogP contribution in [0.4, 0.5) is 8.78 Å². The average Bonchev–Trinajstić information content (AvgIpc) is 2.10. The van der Waals surface area contributed by atoms with Crippen LogP contribution in [0.3, 0.4) is 0 Å². The number of hydrogen-bond acceptors (Lipinski definition) is 2. The summed E-state index contributed by atoms with van der Waals surface area (Å²) in [5.41, 5.74) is 0. The van der Waals surface area contributed by atoms with Gasteiger partial charge in [0.1, 0.15) is 6.61 Å². The lowest BCUT2D eigenvalue weighted by Gasteiger charge is -2.18. The van der Waals surface area contributed by atoms with Crippen LogP contribution in [0.2, 0.25) is 0 Å². The second-order valence-corrected chi connectivity index (χ2v) is 3.52. The van der Waals surface area contributed by atoms with Crippen molar-refractivity contribution in [2.24, 2.45) is 0 Å². The Bertz CT molecular complexity index is 160. The molecule has 4 heteroatoms. The molecule has 0 unspecified atom stereocenters. The molecule has 2 nitrogen and oxygen atoms in total. The highest BCUT2D eigenvalue weighted by Gasteiger charge is 2.28. The number of rotatable bonds is 8. The topological polar surface area (TPSA) is 21.3 Å². The minimum Gasteiger partial charge on any atom is -0.375 e. The quantitative estimate of drug-likeness (QED) is 0.486. The molecule has 0 saturated heterocycles. The van der Waals surface area contributed by atoms with Gasteiger partial charge in [0.2, 0.25) is 0 Å². The molecule has 0 amide bonds. The van der Waals surface area contributed by atoms with Gasteiger partial charge in [-0.2, -0.15) is 0 Å². The molecule has 0 bridgehead atoms. The number of hydrogen-bond donors (Lipinski definition) is 1. The highest BCUT2D eigenvalue weighted by atomic mass is 19.3. The number of nitrogens with one attached hydrogen (secondary N) is 1. The summed E-state index contributed by atoms with van der Waals surface area (Å²) in [6, 6.07) is 0.0639. The van der Waals surface area contributed by atoms with Gasteiger partial charge in [-0.25, -0.2) is 8.78 Å². The first-order chi connectivity index (χ1) is 6.48. The van der Waals surface area contributed by atoms with Gasteiger partial charge in [-0.05, 0) is 6.42 Å². The van der Waals surface area contributed by atoms with Crippen molar-refractivity contribution in [3.05, 3.63) is 12.7 Å². The molecule has 1 N–H and O–H groups in total. The van der Waals surface area contributed by atoms with Crippen LogP contribution in [0, 0.1) is 0 Å². The van der Waals surface area contributed by atoms with E-state index in [-0.39, 0.29) is 12.6 Å². The van der Waals surface area contributed by atoms with Gasteiger partial charge in [-0.3, -0.25) is 0 Å². The summed E-state index contributed by atoms with van der Waals surface area (Å²) in [4.78, 5) is 0. The maximum Gasteiger partial charge on any atom is 0.283 e. The summed E-state index contributed by atoms with van der Waals surface area (Å²) in [6.07, 6.45) is 2.25. The van der Waals surface area contributed by atoms with E-state index in [1.54, 1.807) is 6.08 Å². The van der Waals surface area contributed by atoms with E-state index in [1.807, 2.05) is 13.8 Å². The summed E-state index contributed by atoms with van der Waals surface area (Å²) in [6.45, 7) is 6.57. The van der Waals surface area contributed by atoms with Crippen LogP contribution in [-0.2, 0) is 4.74 Å². The van der Waals surface area contributed by atoms with Gasteiger partial charge in [-0.15, -0.1) is 6.58 Å². The summed E-state index contributed by atoms with van der Waals surface area (Å²) < 4.78 is 30.8. The summed E-state index contributed by atoms with van der Waals surface area (Å²) in [7, 11) is 0. The number of halogens is 2. The zero-order valence-electron chi connectivity index (χ0n) is 8.85. The third-order valence-electron chi connectivity index (χ3n) is 1.55. The van der Waals surface area contributed by atoms with Crippen molar-refractivity contribution < 1.29 is 13.5 Å². The Balaban J connectivity index is 3.55. The lowest BCUT2D eigenvalue weighted by Crippen LogP contribution is -2.39. The molecular formula is C10H19F2NO. The van der Waals surface area contributed by atoms with E-state index >= 15 is 0 Å². The Hall–Kier alpha value is -0.480. The maximum atomic E-state index is 13.0. The second-order valence-electron chi connectivity index (χ2n) is 3.52. The largest absolute Gasteiger partial charge is 0.375 e. The predicted molar refractivity (Wildman–Crippen MR) is 53.7 cm³/mol. The average molecular weight is 207 g/mol. The number of ether oxygens (including phenoxy) is 1. The van der Waals surface area contributed by atoms with E-state index in [4.69, 9.17) is 4.74 Å². The fraction of sp³-hybridized carbons (Fsp3) is 0.800. The van der Waals surface area contributed by atoms with Gasteiger partial charge < -0.3 is 10.1 Å². The Morgan fingerprint density at radius 1 is 1.50 bits per heavy atom. The van der Waals surface area contributed by atoms with E-state index in [1.165, 1.54) is 0 Å².